The molecular weight excluding hydrogens is 282 g/mol. The van der Waals surface area contributed by atoms with Gasteiger partial charge in [-0.25, -0.2) is 0 Å². The van der Waals surface area contributed by atoms with Crippen LogP contribution in [0.25, 0.3) is 0 Å². The van der Waals surface area contributed by atoms with E-state index < -0.39 is 0 Å². The van der Waals surface area contributed by atoms with Crippen molar-refractivity contribution in [3.8, 4) is 17.6 Å². The first kappa shape index (κ1) is 15.4. The van der Waals surface area contributed by atoms with Gasteiger partial charge in [-0.05, 0) is 53.8 Å². The van der Waals surface area contributed by atoms with Gasteiger partial charge in [0.05, 0.1) is 5.56 Å². The van der Waals surface area contributed by atoms with Gasteiger partial charge in [0.1, 0.15) is 17.6 Å². The van der Waals surface area contributed by atoms with Crippen LogP contribution in [0.4, 0.5) is 0 Å². The lowest BCUT2D eigenvalue weighted by molar-refractivity contribution is 0.480. The second-order valence-corrected chi connectivity index (χ2v) is 5.62. The normalized spacial score (nSPS) is 10.5. The summed E-state index contributed by atoms with van der Waals surface area (Å²) < 4.78 is 5.85. The van der Waals surface area contributed by atoms with E-state index in [-0.39, 0.29) is 0 Å². The number of hydrogen-bond donors (Lipinski definition) is 0. The fourth-order valence-electron chi connectivity index (χ4n) is 2.32. The molecule has 0 saturated heterocycles. The predicted molar refractivity (Wildman–Crippen MR) is 86.1 cm³/mol. The minimum Gasteiger partial charge on any atom is -0.456 e. The van der Waals surface area contributed by atoms with Crippen LogP contribution in [0, 0.1) is 18.3 Å². The van der Waals surface area contributed by atoms with Crippen molar-refractivity contribution in [2.75, 3.05) is 0 Å². The molecule has 0 spiro atoms. The minimum absolute atomic E-state index is 0.386. The number of nitriles is 1. The molecule has 108 valence electrons. The van der Waals surface area contributed by atoms with Crippen molar-refractivity contribution >= 4 is 11.6 Å². The lowest BCUT2D eigenvalue weighted by atomic mass is 9.98. The van der Waals surface area contributed by atoms with Crippen LogP contribution in [0.3, 0.4) is 0 Å². The van der Waals surface area contributed by atoms with Gasteiger partial charge >= 0.3 is 0 Å². The Kier molecular flexibility index (Phi) is 4.88. The van der Waals surface area contributed by atoms with Gasteiger partial charge in [-0.3, -0.25) is 0 Å². The van der Waals surface area contributed by atoms with Crippen molar-refractivity contribution in [2.24, 2.45) is 0 Å². The summed E-state index contributed by atoms with van der Waals surface area (Å²) in [5.41, 5.74) is 3.91. The van der Waals surface area contributed by atoms with Crippen molar-refractivity contribution in [1.82, 2.24) is 0 Å². The molecule has 0 aliphatic rings. The summed E-state index contributed by atoms with van der Waals surface area (Å²) in [5.74, 6) is 2.17. The topological polar surface area (TPSA) is 33.0 Å². The van der Waals surface area contributed by atoms with E-state index in [4.69, 9.17) is 16.3 Å². The van der Waals surface area contributed by atoms with Crippen LogP contribution in [0.5, 0.6) is 11.5 Å². The maximum atomic E-state index is 9.21. The van der Waals surface area contributed by atoms with Gasteiger partial charge in [-0.1, -0.05) is 26.0 Å². The fraction of sp³-hybridized carbons (Fsp3) is 0.278. The van der Waals surface area contributed by atoms with E-state index in [2.05, 4.69) is 32.9 Å². The summed E-state index contributed by atoms with van der Waals surface area (Å²) in [7, 11) is 0. The number of halogens is 1. The van der Waals surface area contributed by atoms with Crippen LogP contribution in [0.15, 0.2) is 36.4 Å². The summed E-state index contributed by atoms with van der Waals surface area (Å²) in [5, 5.41) is 9.21. The van der Waals surface area contributed by atoms with Gasteiger partial charge in [0.2, 0.25) is 0 Å². The molecule has 0 amide bonds. The summed E-state index contributed by atoms with van der Waals surface area (Å²) in [6.07, 6.45) is 0. The zero-order valence-electron chi connectivity index (χ0n) is 12.5. The van der Waals surface area contributed by atoms with Crippen LogP contribution >= 0.6 is 11.6 Å². The zero-order valence-corrected chi connectivity index (χ0v) is 13.2. The van der Waals surface area contributed by atoms with Crippen LogP contribution in [0.2, 0.25) is 0 Å². The number of nitrogens with zero attached hydrogens (tertiary/aromatic N) is 1. The van der Waals surface area contributed by atoms with Gasteiger partial charge in [0.15, 0.2) is 0 Å². The molecule has 21 heavy (non-hydrogen) atoms. The molecule has 0 unspecified atom stereocenters. The Morgan fingerprint density at radius 2 is 1.95 bits per heavy atom. The monoisotopic (exact) mass is 299 g/mol. The number of benzene rings is 2. The number of alkyl halides is 1. The average Bonchev–Trinajstić information content (AvgIpc) is 2.47. The SMILES string of the molecule is Cc1cc(Oc2ccc(CCl)cc2C#N)ccc1C(C)C. The van der Waals surface area contributed by atoms with Crippen LogP contribution in [-0.4, -0.2) is 0 Å². The molecule has 0 aromatic heterocycles. The first-order valence-electron chi connectivity index (χ1n) is 6.92. The molecule has 0 aliphatic carbocycles. The third kappa shape index (κ3) is 3.56. The van der Waals surface area contributed by atoms with Gasteiger partial charge in [-0.15, -0.1) is 11.6 Å². The van der Waals surface area contributed by atoms with Crippen LogP contribution in [0.1, 0.15) is 42.0 Å². The number of hydrogen-bond acceptors (Lipinski definition) is 2. The molecule has 2 rings (SSSR count). The van der Waals surface area contributed by atoms with Gasteiger partial charge in [0, 0.05) is 5.88 Å². The predicted octanol–water partition coefficient (Wildman–Crippen LogP) is 5.52. The molecule has 2 aromatic rings. The van der Waals surface area contributed by atoms with Crippen LogP contribution in [-0.2, 0) is 5.88 Å². The van der Waals surface area contributed by atoms with Crippen molar-refractivity contribution in [1.29, 1.82) is 5.26 Å². The molecule has 2 aromatic carbocycles. The second kappa shape index (κ2) is 6.65. The zero-order chi connectivity index (χ0) is 15.4. The standard InChI is InChI=1S/C18H18ClNO/c1-12(2)17-6-5-16(8-13(17)3)21-18-7-4-14(10-19)9-15(18)11-20/h4-9,12H,10H2,1-3H3. The number of aryl methyl sites for hydroxylation is 1. The molecule has 0 N–H and O–H groups in total. The Morgan fingerprint density at radius 3 is 2.52 bits per heavy atom. The Hall–Kier alpha value is -1.98. The smallest absolute Gasteiger partial charge is 0.145 e. The summed E-state index contributed by atoms with van der Waals surface area (Å²) in [6.45, 7) is 6.41. The van der Waals surface area contributed by atoms with E-state index in [9.17, 15) is 5.26 Å². The molecule has 0 aliphatic heterocycles. The van der Waals surface area contributed by atoms with Crippen molar-refractivity contribution < 1.29 is 4.74 Å². The number of rotatable bonds is 4. The Bertz CT molecular complexity index is 686. The summed E-state index contributed by atoms with van der Waals surface area (Å²) >= 11 is 5.79. The molecule has 0 atom stereocenters. The molecule has 0 bridgehead atoms. The third-order valence-electron chi connectivity index (χ3n) is 3.41. The molecule has 0 heterocycles. The lowest BCUT2D eigenvalue weighted by Crippen LogP contribution is -1.94. The Labute approximate surface area is 130 Å². The number of ether oxygens (including phenoxy) is 1. The fourth-order valence-corrected chi connectivity index (χ4v) is 2.49. The maximum Gasteiger partial charge on any atom is 0.145 e. The highest BCUT2D eigenvalue weighted by atomic mass is 35.5. The molecule has 0 fully saturated rings. The summed E-state index contributed by atoms with van der Waals surface area (Å²) in [4.78, 5) is 0. The minimum atomic E-state index is 0.386. The average molecular weight is 300 g/mol. The molecule has 0 radical (unpaired) electrons. The highest BCUT2D eigenvalue weighted by Gasteiger charge is 2.08. The van der Waals surface area contributed by atoms with E-state index in [1.54, 1.807) is 12.1 Å². The Morgan fingerprint density at radius 1 is 1.19 bits per heavy atom. The van der Waals surface area contributed by atoms with E-state index in [0.717, 1.165) is 11.3 Å². The van der Waals surface area contributed by atoms with E-state index in [1.807, 2.05) is 18.2 Å². The third-order valence-corrected chi connectivity index (χ3v) is 3.72. The van der Waals surface area contributed by atoms with E-state index in [1.165, 1.54) is 11.1 Å². The largest absolute Gasteiger partial charge is 0.456 e. The van der Waals surface area contributed by atoms with Gasteiger partial charge < -0.3 is 4.74 Å². The van der Waals surface area contributed by atoms with Crippen LogP contribution < -0.4 is 4.74 Å². The van der Waals surface area contributed by atoms with Crippen molar-refractivity contribution in [3.05, 3.63) is 58.7 Å². The van der Waals surface area contributed by atoms with Gasteiger partial charge in [0.25, 0.3) is 0 Å². The lowest BCUT2D eigenvalue weighted by Gasteiger charge is -2.13. The molecule has 0 saturated carbocycles. The maximum absolute atomic E-state index is 9.21. The quantitative estimate of drug-likeness (QED) is 0.696. The second-order valence-electron chi connectivity index (χ2n) is 5.35. The summed E-state index contributed by atoms with van der Waals surface area (Å²) in [6, 6.07) is 13.6. The van der Waals surface area contributed by atoms with Crippen molar-refractivity contribution in [3.63, 3.8) is 0 Å². The molecule has 3 heteroatoms. The molecular formula is C18H18ClNO. The first-order chi connectivity index (χ1) is 10.0. The highest BCUT2D eigenvalue weighted by molar-refractivity contribution is 6.17. The first-order valence-corrected chi connectivity index (χ1v) is 7.46. The Balaban J connectivity index is 2.30. The van der Waals surface area contributed by atoms with Crippen molar-refractivity contribution in [2.45, 2.75) is 32.6 Å². The highest BCUT2D eigenvalue weighted by Crippen LogP contribution is 2.29. The molecule has 2 nitrogen and oxygen atoms in total. The van der Waals surface area contributed by atoms with E-state index in [0.29, 0.717) is 23.1 Å². The van der Waals surface area contributed by atoms with E-state index >= 15 is 0 Å². The van der Waals surface area contributed by atoms with Gasteiger partial charge in [-0.2, -0.15) is 5.26 Å².